The predicted molar refractivity (Wildman–Crippen MR) is 68.0 cm³/mol. The lowest BCUT2D eigenvalue weighted by Gasteiger charge is -2.18. The molecule has 1 saturated heterocycles. The lowest BCUT2D eigenvalue weighted by Crippen LogP contribution is -2.25. The Morgan fingerprint density at radius 2 is 2.22 bits per heavy atom. The summed E-state index contributed by atoms with van der Waals surface area (Å²) in [6, 6.07) is 3.50. The third-order valence-electron chi connectivity index (χ3n) is 3.00. The second kappa shape index (κ2) is 5.08. The molecule has 1 unspecified atom stereocenters. The first-order valence-corrected chi connectivity index (χ1v) is 5.71. The molecule has 0 aromatic carbocycles. The third-order valence-corrected chi connectivity index (χ3v) is 3.00. The van der Waals surface area contributed by atoms with Gasteiger partial charge in [-0.2, -0.15) is 4.98 Å². The Bertz CT molecular complexity index is 473. The molecule has 0 spiro atoms. The summed E-state index contributed by atoms with van der Waals surface area (Å²) in [4.78, 5) is 17.8. The highest BCUT2D eigenvalue weighted by atomic mass is 16.5. The van der Waals surface area contributed by atoms with Crippen LogP contribution in [0.15, 0.2) is 24.8 Å². The number of amides is 1. The fourth-order valence-corrected chi connectivity index (χ4v) is 2.01. The normalized spacial score (nSPS) is 18.9. The van der Waals surface area contributed by atoms with Gasteiger partial charge in [-0.3, -0.25) is 4.79 Å². The van der Waals surface area contributed by atoms with Crippen molar-refractivity contribution in [3.05, 3.63) is 24.8 Å². The minimum atomic E-state index is 0.0603. The Hall–Kier alpha value is -2.04. The van der Waals surface area contributed by atoms with E-state index in [0.717, 1.165) is 0 Å². The number of aromatic nitrogens is 1. The first-order valence-electron chi connectivity index (χ1n) is 5.71. The topological polar surface area (TPSA) is 51.7 Å². The molecule has 2 heterocycles. The lowest BCUT2D eigenvalue weighted by atomic mass is 10.1. The Morgan fingerprint density at radius 1 is 1.44 bits per heavy atom. The standard InChI is InChI=1S/C13H16N2O3/c1-4-9-7-12(16)15(8-9)10-5-6-11(17-2)14-13(10)18-3/h4-6,9H,1,7-8H2,2-3H3. The van der Waals surface area contributed by atoms with E-state index in [1.54, 1.807) is 23.1 Å². The highest BCUT2D eigenvalue weighted by molar-refractivity contribution is 5.97. The van der Waals surface area contributed by atoms with Gasteiger partial charge in [0.15, 0.2) is 0 Å². The second-order valence-electron chi connectivity index (χ2n) is 4.09. The van der Waals surface area contributed by atoms with Gasteiger partial charge in [-0.1, -0.05) is 6.08 Å². The molecular weight excluding hydrogens is 232 g/mol. The quantitative estimate of drug-likeness (QED) is 0.760. The van der Waals surface area contributed by atoms with E-state index in [-0.39, 0.29) is 11.8 Å². The Kier molecular flexibility index (Phi) is 3.50. The van der Waals surface area contributed by atoms with Crippen LogP contribution in [0.2, 0.25) is 0 Å². The van der Waals surface area contributed by atoms with Gasteiger partial charge in [0.25, 0.3) is 0 Å². The molecule has 5 nitrogen and oxygen atoms in total. The number of hydrogen-bond acceptors (Lipinski definition) is 4. The first kappa shape index (κ1) is 12.4. The van der Waals surface area contributed by atoms with Gasteiger partial charge in [0.1, 0.15) is 5.69 Å². The van der Waals surface area contributed by atoms with E-state index in [2.05, 4.69) is 11.6 Å². The zero-order valence-corrected chi connectivity index (χ0v) is 10.5. The highest BCUT2D eigenvalue weighted by Gasteiger charge is 2.31. The van der Waals surface area contributed by atoms with E-state index >= 15 is 0 Å². The highest BCUT2D eigenvalue weighted by Crippen LogP contribution is 2.33. The van der Waals surface area contributed by atoms with Crippen LogP contribution in [-0.4, -0.2) is 31.7 Å². The molecule has 5 heteroatoms. The predicted octanol–water partition coefficient (Wildman–Crippen LogP) is 1.64. The van der Waals surface area contributed by atoms with Gasteiger partial charge >= 0.3 is 0 Å². The van der Waals surface area contributed by atoms with Crippen molar-refractivity contribution >= 4 is 11.6 Å². The van der Waals surface area contributed by atoms with E-state index in [0.29, 0.717) is 30.4 Å². The molecule has 0 radical (unpaired) electrons. The van der Waals surface area contributed by atoms with Gasteiger partial charge in [0.05, 0.1) is 14.2 Å². The summed E-state index contributed by atoms with van der Waals surface area (Å²) in [5, 5.41) is 0. The molecular formula is C13H16N2O3. The van der Waals surface area contributed by atoms with Crippen LogP contribution in [0.4, 0.5) is 5.69 Å². The largest absolute Gasteiger partial charge is 0.481 e. The summed E-state index contributed by atoms with van der Waals surface area (Å²) in [6.45, 7) is 4.35. The van der Waals surface area contributed by atoms with Crippen LogP contribution in [0.5, 0.6) is 11.8 Å². The molecule has 1 atom stereocenters. The molecule has 18 heavy (non-hydrogen) atoms. The molecule has 1 aliphatic rings. The summed E-state index contributed by atoms with van der Waals surface area (Å²) in [5.74, 6) is 1.10. The summed E-state index contributed by atoms with van der Waals surface area (Å²) in [5.41, 5.74) is 0.674. The fourth-order valence-electron chi connectivity index (χ4n) is 2.01. The fraction of sp³-hybridized carbons (Fsp3) is 0.385. The number of nitrogens with zero attached hydrogens (tertiary/aromatic N) is 2. The zero-order valence-electron chi connectivity index (χ0n) is 10.5. The van der Waals surface area contributed by atoms with Crippen LogP contribution in [0, 0.1) is 5.92 Å². The molecule has 0 bridgehead atoms. The SMILES string of the molecule is C=CC1CC(=O)N(c2ccc(OC)nc2OC)C1. The number of hydrogen-bond donors (Lipinski definition) is 0. The summed E-state index contributed by atoms with van der Waals surface area (Å²) in [7, 11) is 3.06. The minimum Gasteiger partial charge on any atom is -0.481 e. The van der Waals surface area contributed by atoms with E-state index in [4.69, 9.17) is 9.47 Å². The minimum absolute atomic E-state index is 0.0603. The zero-order chi connectivity index (χ0) is 13.1. The Labute approximate surface area is 106 Å². The van der Waals surface area contributed by atoms with E-state index in [1.807, 2.05) is 0 Å². The summed E-state index contributed by atoms with van der Waals surface area (Å²) >= 11 is 0. The molecule has 1 aromatic rings. The number of anilines is 1. The maximum absolute atomic E-state index is 11.9. The van der Waals surface area contributed by atoms with Crippen molar-refractivity contribution < 1.29 is 14.3 Å². The number of ether oxygens (including phenoxy) is 2. The first-order chi connectivity index (χ1) is 8.69. The van der Waals surface area contributed by atoms with Gasteiger partial charge < -0.3 is 14.4 Å². The molecule has 1 amide bonds. The average Bonchev–Trinajstić information content (AvgIpc) is 2.79. The van der Waals surface area contributed by atoms with Gasteiger partial charge in [-0.05, 0) is 6.07 Å². The monoisotopic (exact) mass is 248 g/mol. The maximum atomic E-state index is 11.9. The van der Waals surface area contributed by atoms with Crippen LogP contribution < -0.4 is 14.4 Å². The Balaban J connectivity index is 2.33. The van der Waals surface area contributed by atoms with Crippen LogP contribution in [0.25, 0.3) is 0 Å². The number of methoxy groups -OCH3 is 2. The lowest BCUT2D eigenvalue weighted by molar-refractivity contribution is -0.117. The van der Waals surface area contributed by atoms with Crippen molar-refractivity contribution in [3.8, 4) is 11.8 Å². The molecule has 2 rings (SSSR count). The Morgan fingerprint density at radius 3 is 2.78 bits per heavy atom. The van der Waals surface area contributed by atoms with Crippen molar-refractivity contribution in [2.24, 2.45) is 5.92 Å². The van der Waals surface area contributed by atoms with Crippen molar-refractivity contribution in [2.75, 3.05) is 25.7 Å². The molecule has 1 aliphatic heterocycles. The van der Waals surface area contributed by atoms with E-state index in [9.17, 15) is 4.79 Å². The number of rotatable bonds is 4. The van der Waals surface area contributed by atoms with Crippen LogP contribution in [-0.2, 0) is 4.79 Å². The van der Waals surface area contributed by atoms with Crippen molar-refractivity contribution in [1.82, 2.24) is 4.98 Å². The van der Waals surface area contributed by atoms with Gasteiger partial charge in [-0.15, -0.1) is 6.58 Å². The van der Waals surface area contributed by atoms with Crippen LogP contribution >= 0.6 is 0 Å². The summed E-state index contributed by atoms with van der Waals surface area (Å²) < 4.78 is 10.2. The van der Waals surface area contributed by atoms with Crippen molar-refractivity contribution in [2.45, 2.75) is 6.42 Å². The van der Waals surface area contributed by atoms with Crippen molar-refractivity contribution in [3.63, 3.8) is 0 Å². The number of pyridine rings is 1. The van der Waals surface area contributed by atoms with Crippen molar-refractivity contribution in [1.29, 1.82) is 0 Å². The maximum Gasteiger partial charge on any atom is 0.241 e. The van der Waals surface area contributed by atoms with Crippen LogP contribution in [0.1, 0.15) is 6.42 Å². The average molecular weight is 248 g/mol. The molecule has 96 valence electrons. The van der Waals surface area contributed by atoms with Gasteiger partial charge in [-0.25, -0.2) is 0 Å². The number of carbonyl (C=O) groups excluding carboxylic acids is 1. The molecule has 0 saturated carbocycles. The molecule has 0 aliphatic carbocycles. The van der Waals surface area contributed by atoms with Gasteiger partial charge in [0.2, 0.25) is 17.7 Å². The van der Waals surface area contributed by atoms with E-state index < -0.39 is 0 Å². The number of carbonyl (C=O) groups is 1. The summed E-state index contributed by atoms with van der Waals surface area (Å²) in [6.07, 6.45) is 2.29. The third kappa shape index (κ3) is 2.16. The second-order valence-corrected chi connectivity index (χ2v) is 4.09. The molecule has 1 aromatic heterocycles. The molecule has 0 N–H and O–H groups in total. The van der Waals surface area contributed by atoms with Crippen LogP contribution in [0.3, 0.4) is 0 Å². The van der Waals surface area contributed by atoms with E-state index in [1.165, 1.54) is 14.2 Å². The van der Waals surface area contributed by atoms with Gasteiger partial charge in [0, 0.05) is 24.9 Å². The smallest absolute Gasteiger partial charge is 0.241 e. The molecule has 1 fully saturated rings.